The third-order valence-corrected chi connectivity index (χ3v) is 5.51. The summed E-state index contributed by atoms with van der Waals surface area (Å²) in [6.07, 6.45) is 0.708. The molecule has 0 aliphatic carbocycles. The maximum absolute atomic E-state index is 12.4. The number of amides is 1. The lowest BCUT2D eigenvalue weighted by molar-refractivity contribution is 0.000427. The maximum Gasteiger partial charge on any atom is 0.263 e. The summed E-state index contributed by atoms with van der Waals surface area (Å²) in [5.74, 6) is -0.316. The minimum Gasteiger partial charge on any atom is -0.374 e. The first-order valence-electron chi connectivity index (χ1n) is 8.16. The molecule has 1 saturated heterocycles. The van der Waals surface area contributed by atoms with Gasteiger partial charge in [0.1, 0.15) is 5.56 Å². The zero-order valence-corrected chi connectivity index (χ0v) is 15.8. The molecule has 2 heterocycles. The quantitative estimate of drug-likeness (QED) is 0.779. The summed E-state index contributed by atoms with van der Waals surface area (Å²) in [6.45, 7) is 4.85. The fourth-order valence-electron chi connectivity index (χ4n) is 2.82. The van der Waals surface area contributed by atoms with Gasteiger partial charge < -0.3 is 14.6 Å². The summed E-state index contributed by atoms with van der Waals surface area (Å²) >= 11 is 0. The third kappa shape index (κ3) is 4.68. The molecule has 1 aromatic rings. The lowest BCUT2D eigenvalue weighted by atomic mass is 10.1. The summed E-state index contributed by atoms with van der Waals surface area (Å²) in [6, 6.07) is 3.29. The molecule has 1 N–H and O–H groups in total. The van der Waals surface area contributed by atoms with E-state index in [9.17, 15) is 18.0 Å². The van der Waals surface area contributed by atoms with Gasteiger partial charge in [0, 0.05) is 32.4 Å². The van der Waals surface area contributed by atoms with Crippen molar-refractivity contribution in [3.8, 4) is 0 Å². The van der Waals surface area contributed by atoms with Crippen LogP contribution in [0.1, 0.15) is 35.8 Å². The van der Waals surface area contributed by atoms with Gasteiger partial charge in [-0.2, -0.15) is 4.31 Å². The molecule has 1 fully saturated rings. The van der Waals surface area contributed by atoms with E-state index in [-0.39, 0.29) is 36.7 Å². The van der Waals surface area contributed by atoms with Crippen molar-refractivity contribution in [2.24, 2.45) is 7.05 Å². The Morgan fingerprint density at radius 2 is 2.08 bits per heavy atom. The number of aromatic nitrogens is 1. The van der Waals surface area contributed by atoms with Gasteiger partial charge >= 0.3 is 0 Å². The van der Waals surface area contributed by atoms with Crippen LogP contribution in [0.4, 0.5) is 0 Å². The highest BCUT2D eigenvalue weighted by Crippen LogP contribution is 2.12. The first-order chi connectivity index (χ1) is 11.6. The van der Waals surface area contributed by atoms with Crippen LogP contribution < -0.4 is 10.9 Å². The molecule has 8 nitrogen and oxygen atoms in total. The van der Waals surface area contributed by atoms with E-state index >= 15 is 0 Å². The molecule has 1 amide bonds. The van der Waals surface area contributed by atoms with Gasteiger partial charge in [-0.05, 0) is 18.1 Å². The lowest BCUT2D eigenvalue weighted by Crippen LogP contribution is -2.49. The number of sulfonamides is 1. The van der Waals surface area contributed by atoms with E-state index in [1.165, 1.54) is 14.9 Å². The Bertz CT molecular complexity index is 800. The molecular formula is C16H25N3O5S. The second-order valence-electron chi connectivity index (χ2n) is 6.51. The van der Waals surface area contributed by atoms with Crippen LogP contribution in [-0.4, -0.2) is 61.8 Å². The molecule has 0 aromatic carbocycles. The summed E-state index contributed by atoms with van der Waals surface area (Å²) < 4.78 is 31.5. The number of carbonyl (C=O) groups is 1. The molecule has 1 aromatic heterocycles. The van der Waals surface area contributed by atoms with Crippen LogP contribution >= 0.6 is 0 Å². The summed E-state index contributed by atoms with van der Waals surface area (Å²) in [5.41, 5.74) is 0.551. The summed E-state index contributed by atoms with van der Waals surface area (Å²) in [5, 5.41) is 2.66. The molecule has 25 heavy (non-hydrogen) atoms. The van der Waals surface area contributed by atoms with Crippen LogP contribution in [0.5, 0.6) is 0 Å². The van der Waals surface area contributed by atoms with Crippen molar-refractivity contribution < 1.29 is 17.9 Å². The minimum atomic E-state index is -3.29. The predicted molar refractivity (Wildman–Crippen MR) is 94.3 cm³/mol. The number of nitrogens with one attached hydrogen (secondary N) is 1. The molecule has 0 bridgehead atoms. The first-order valence-corrected chi connectivity index (χ1v) is 10.0. The molecule has 0 radical (unpaired) electrons. The van der Waals surface area contributed by atoms with Gasteiger partial charge in [0.25, 0.3) is 11.5 Å². The van der Waals surface area contributed by atoms with E-state index in [1.54, 1.807) is 13.1 Å². The van der Waals surface area contributed by atoms with Gasteiger partial charge in [0.05, 0.1) is 19.0 Å². The summed E-state index contributed by atoms with van der Waals surface area (Å²) in [7, 11) is -1.65. The Kier molecular flexibility index (Phi) is 6.02. The molecule has 140 valence electrons. The standard InChI is InChI=1S/C16H25N3O5S/c1-11(2)14-6-5-13(16(21)18(14)3)15(20)17-9-12-10-19(7-8-24-12)25(4,22)23/h5-6,11-12H,7-10H2,1-4H3,(H,17,20)/t12-/m1/s1. The highest BCUT2D eigenvalue weighted by Gasteiger charge is 2.27. The highest BCUT2D eigenvalue weighted by molar-refractivity contribution is 7.88. The van der Waals surface area contributed by atoms with Crippen molar-refractivity contribution in [1.82, 2.24) is 14.2 Å². The minimum absolute atomic E-state index is 0.0580. The van der Waals surface area contributed by atoms with E-state index in [0.29, 0.717) is 6.54 Å². The first kappa shape index (κ1) is 19.6. The Labute approximate surface area is 147 Å². The van der Waals surface area contributed by atoms with Gasteiger partial charge in [-0.1, -0.05) is 13.8 Å². The van der Waals surface area contributed by atoms with Crippen molar-refractivity contribution in [2.45, 2.75) is 25.9 Å². The molecule has 9 heteroatoms. The zero-order chi connectivity index (χ0) is 18.8. The van der Waals surface area contributed by atoms with Gasteiger partial charge in [-0.3, -0.25) is 9.59 Å². The van der Waals surface area contributed by atoms with E-state index in [0.717, 1.165) is 11.9 Å². The van der Waals surface area contributed by atoms with Crippen molar-refractivity contribution in [3.63, 3.8) is 0 Å². The molecule has 0 unspecified atom stereocenters. The normalized spacial score (nSPS) is 19.2. The van der Waals surface area contributed by atoms with E-state index in [2.05, 4.69) is 5.32 Å². The fourth-order valence-corrected chi connectivity index (χ4v) is 3.66. The van der Waals surface area contributed by atoms with Crippen molar-refractivity contribution in [2.75, 3.05) is 32.5 Å². The Hall–Kier alpha value is -1.71. The number of nitrogens with zero attached hydrogens (tertiary/aromatic N) is 2. The highest BCUT2D eigenvalue weighted by atomic mass is 32.2. The predicted octanol–water partition coefficient (Wildman–Crippen LogP) is -0.101. The third-order valence-electron chi connectivity index (χ3n) is 4.24. The van der Waals surface area contributed by atoms with Crippen LogP contribution in [0, 0.1) is 0 Å². The number of carbonyl (C=O) groups excluding carboxylic acids is 1. The van der Waals surface area contributed by atoms with E-state index in [4.69, 9.17) is 4.74 Å². The molecule has 1 aliphatic heterocycles. The van der Waals surface area contributed by atoms with Crippen LogP contribution in [0.3, 0.4) is 0 Å². The largest absolute Gasteiger partial charge is 0.374 e. The van der Waals surface area contributed by atoms with Crippen molar-refractivity contribution in [1.29, 1.82) is 0 Å². The smallest absolute Gasteiger partial charge is 0.263 e. The van der Waals surface area contributed by atoms with Crippen LogP contribution in [0.25, 0.3) is 0 Å². The maximum atomic E-state index is 12.4. The lowest BCUT2D eigenvalue weighted by Gasteiger charge is -2.31. The van der Waals surface area contributed by atoms with Gasteiger partial charge in [-0.15, -0.1) is 0 Å². The Balaban J connectivity index is 2.04. The van der Waals surface area contributed by atoms with Gasteiger partial charge in [-0.25, -0.2) is 8.42 Å². The number of morpholine rings is 1. The molecule has 0 spiro atoms. The van der Waals surface area contributed by atoms with Gasteiger partial charge in [0.15, 0.2) is 0 Å². The fraction of sp³-hybridized carbons (Fsp3) is 0.625. The van der Waals surface area contributed by atoms with E-state index < -0.39 is 22.0 Å². The Morgan fingerprint density at radius 3 is 2.68 bits per heavy atom. The monoisotopic (exact) mass is 371 g/mol. The Morgan fingerprint density at radius 1 is 1.40 bits per heavy atom. The molecule has 0 saturated carbocycles. The van der Waals surface area contributed by atoms with Crippen molar-refractivity contribution >= 4 is 15.9 Å². The molecular weight excluding hydrogens is 346 g/mol. The zero-order valence-electron chi connectivity index (χ0n) is 15.0. The molecule has 1 aliphatic rings. The van der Waals surface area contributed by atoms with E-state index in [1.807, 2.05) is 13.8 Å². The number of rotatable bonds is 5. The average Bonchev–Trinajstić information content (AvgIpc) is 2.54. The topological polar surface area (TPSA) is 97.7 Å². The van der Waals surface area contributed by atoms with Crippen molar-refractivity contribution in [3.05, 3.63) is 33.7 Å². The number of hydrogen-bond acceptors (Lipinski definition) is 5. The van der Waals surface area contributed by atoms with Gasteiger partial charge in [0.2, 0.25) is 10.0 Å². The number of pyridine rings is 1. The SMILES string of the molecule is CC(C)c1ccc(C(=O)NC[C@@H]2CN(S(C)(=O)=O)CCO2)c(=O)n1C. The van der Waals surface area contributed by atoms with Crippen LogP contribution in [0.2, 0.25) is 0 Å². The molecule has 2 rings (SSSR count). The second kappa shape index (κ2) is 7.67. The van der Waals surface area contributed by atoms with Crippen LogP contribution in [0.15, 0.2) is 16.9 Å². The summed E-state index contributed by atoms with van der Waals surface area (Å²) in [4.78, 5) is 24.7. The number of ether oxygens (including phenoxy) is 1. The van der Waals surface area contributed by atoms with Crippen LogP contribution in [-0.2, 0) is 21.8 Å². The average molecular weight is 371 g/mol. The number of hydrogen-bond donors (Lipinski definition) is 1. The molecule has 1 atom stereocenters. The second-order valence-corrected chi connectivity index (χ2v) is 8.50.